The first kappa shape index (κ1) is 17.9. The fourth-order valence-corrected chi connectivity index (χ4v) is 2.84. The van der Waals surface area contributed by atoms with Crippen LogP contribution < -0.4 is 16.1 Å². The van der Waals surface area contributed by atoms with E-state index in [4.69, 9.17) is 10.1 Å². The molecule has 1 aliphatic heterocycles. The molecular weight excluding hydrogens is 332 g/mol. The predicted octanol–water partition coefficient (Wildman–Crippen LogP) is 1.20. The molecule has 1 aliphatic rings. The lowest BCUT2D eigenvalue weighted by Crippen LogP contribution is -2.40. The highest BCUT2D eigenvalue weighted by Gasteiger charge is 2.29. The van der Waals surface area contributed by atoms with Crippen LogP contribution in [0.5, 0.6) is 0 Å². The highest BCUT2D eigenvalue weighted by Crippen LogP contribution is 2.27. The van der Waals surface area contributed by atoms with Gasteiger partial charge in [0.1, 0.15) is 0 Å². The third-order valence-electron chi connectivity index (χ3n) is 4.39. The molecule has 8 heteroatoms. The molecule has 8 nitrogen and oxygen atoms in total. The minimum absolute atomic E-state index is 0.00999. The van der Waals surface area contributed by atoms with Crippen LogP contribution in [0.15, 0.2) is 36.7 Å². The number of aromatic nitrogens is 2. The maximum atomic E-state index is 12.1. The van der Waals surface area contributed by atoms with Gasteiger partial charge in [0.05, 0.1) is 18.2 Å². The van der Waals surface area contributed by atoms with E-state index in [1.54, 1.807) is 11.6 Å². The first-order valence-electron chi connectivity index (χ1n) is 8.49. The van der Waals surface area contributed by atoms with Crippen LogP contribution in [0.2, 0.25) is 0 Å². The summed E-state index contributed by atoms with van der Waals surface area (Å²) < 4.78 is 1.77. The number of carbonyl (C=O) groups excluding carboxylic acids is 1. The predicted molar refractivity (Wildman–Crippen MR) is 94.9 cm³/mol. The van der Waals surface area contributed by atoms with E-state index in [0.29, 0.717) is 13.0 Å². The van der Waals surface area contributed by atoms with E-state index in [2.05, 4.69) is 33.3 Å². The van der Waals surface area contributed by atoms with Gasteiger partial charge in [0.2, 0.25) is 5.91 Å². The maximum absolute atomic E-state index is 12.1. The summed E-state index contributed by atoms with van der Waals surface area (Å²) in [5.74, 6) is -0.455. The summed E-state index contributed by atoms with van der Waals surface area (Å²) in [5, 5.41) is 18.0. The van der Waals surface area contributed by atoms with Gasteiger partial charge in [0.25, 0.3) is 0 Å². The van der Waals surface area contributed by atoms with Gasteiger partial charge >= 0.3 is 0 Å². The molecule has 26 heavy (non-hydrogen) atoms. The summed E-state index contributed by atoms with van der Waals surface area (Å²) in [6.45, 7) is 2.07. The van der Waals surface area contributed by atoms with Crippen LogP contribution in [0.1, 0.15) is 24.9 Å². The lowest BCUT2D eigenvalue weighted by Gasteiger charge is -2.14. The monoisotopic (exact) mass is 354 g/mol. The Labute approximate surface area is 152 Å². The van der Waals surface area contributed by atoms with Crippen molar-refractivity contribution in [2.45, 2.75) is 25.6 Å². The number of nitrogens with one attached hydrogen (secondary N) is 3. The molecular formula is C18H22N6O2. The van der Waals surface area contributed by atoms with Gasteiger partial charge in [-0.05, 0) is 11.1 Å². The fourth-order valence-electron chi connectivity index (χ4n) is 2.84. The van der Waals surface area contributed by atoms with Gasteiger partial charge in [-0.3, -0.25) is 14.3 Å². The zero-order chi connectivity index (χ0) is 18.5. The average molecular weight is 354 g/mol. The number of carbonyl (C=O) groups is 1. The van der Waals surface area contributed by atoms with Crippen LogP contribution in [0.3, 0.4) is 0 Å². The van der Waals surface area contributed by atoms with Gasteiger partial charge < -0.3 is 10.6 Å². The van der Waals surface area contributed by atoms with Crippen LogP contribution in [-0.4, -0.2) is 28.5 Å². The van der Waals surface area contributed by atoms with Gasteiger partial charge in [-0.25, -0.2) is 0 Å². The molecule has 0 spiro atoms. The lowest BCUT2D eigenvalue weighted by molar-refractivity contribution is -0.128. The first-order valence-corrected chi connectivity index (χ1v) is 8.49. The van der Waals surface area contributed by atoms with Gasteiger partial charge in [-0.1, -0.05) is 31.2 Å². The normalized spacial score (nSPS) is 20.3. The van der Waals surface area contributed by atoms with E-state index in [0.717, 1.165) is 16.7 Å². The van der Waals surface area contributed by atoms with Crippen LogP contribution in [0.25, 0.3) is 11.1 Å². The molecule has 1 amide bonds. The molecule has 0 saturated carbocycles. The molecule has 1 aromatic heterocycles. The highest BCUT2D eigenvalue weighted by atomic mass is 16.7. The number of rotatable bonds is 6. The Kier molecular flexibility index (Phi) is 5.51. The molecule has 2 unspecified atom stereocenters. The van der Waals surface area contributed by atoms with Crippen molar-refractivity contribution in [3.63, 3.8) is 0 Å². The third-order valence-corrected chi connectivity index (χ3v) is 4.39. The van der Waals surface area contributed by atoms with Crippen LogP contribution in [0.4, 0.5) is 0 Å². The average Bonchev–Trinajstić information content (AvgIpc) is 3.29. The third kappa shape index (κ3) is 4.20. The zero-order valence-electron chi connectivity index (χ0n) is 14.8. The number of hydrogen-bond acceptors (Lipinski definition) is 6. The minimum atomic E-state index is -0.393. The van der Waals surface area contributed by atoms with Gasteiger partial charge in [-0.2, -0.15) is 15.8 Å². The van der Waals surface area contributed by atoms with Crippen molar-refractivity contribution < 1.29 is 9.63 Å². The summed E-state index contributed by atoms with van der Waals surface area (Å²) in [5.41, 5.74) is 6.24. The smallest absolute Gasteiger partial charge is 0.226 e. The van der Waals surface area contributed by atoms with E-state index in [1.807, 2.05) is 37.8 Å². The number of hydroxylamine groups is 1. The van der Waals surface area contributed by atoms with Gasteiger partial charge in [0.15, 0.2) is 12.4 Å². The van der Waals surface area contributed by atoms with E-state index in [1.165, 1.54) is 0 Å². The van der Waals surface area contributed by atoms with Crippen molar-refractivity contribution in [1.82, 2.24) is 25.9 Å². The van der Waals surface area contributed by atoms with E-state index < -0.39 is 6.23 Å². The van der Waals surface area contributed by atoms with Crippen molar-refractivity contribution in [3.8, 4) is 17.3 Å². The molecule has 1 saturated heterocycles. The lowest BCUT2D eigenvalue weighted by atomic mass is 10.0. The molecule has 1 fully saturated rings. The quantitative estimate of drug-likeness (QED) is 0.532. The Morgan fingerprint density at radius 1 is 1.46 bits per heavy atom. The Hall–Kier alpha value is -2.89. The van der Waals surface area contributed by atoms with Crippen LogP contribution in [-0.2, 0) is 16.7 Å². The van der Waals surface area contributed by atoms with Gasteiger partial charge in [-0.15, -0.1) is 0 Å². The summed E-state index contributed by atoms with van der Waals surface area (Å²) in [6, 6.07) is 8.21. The second kappa shape index (κ2) is 7.99. The molecule has 3 rings (SSSR count). The second-order valence-corrected chi connectivity index (χ2v) is 6.44. The van der Waals surface area contributed by atoms with Crippen LogP contribution >= 0.6 is 0 Å². The Bertz CT molecular complexity index is 795. The highest BCUT2D eigenvalue weighted by molar-refractivity contribution is 5.78. The molecule has 2 heterocycles. The second-order valence-electron chi connectivity index (χ2n) is 6.44. The topological polar surface area (TPSA) is 104 Å². The minimum Gasteiger partial charge on any atom is -0.329 e. The Morgan fingerprint density at radius 2 is 2.23 bits per heavy atom. The SMILES string of the molecule is C[C@H](CNC#N)C(=O)NC1CC(c2ccc(-c3cnn(C)c3)cc2)NO1. The Morgan fingerprint density at radius 3 is 2.88 bits per heavy atom. The van der Waals surface area contributed by atoms with Gasteiger partial charge in [0, 0.05) is 31.8 Å². The molecule has 136 valence electrons. The summed E-state index contributed by atoms with van der Waals surface area (Å²) >= 11 is 0. The van der Waals surface area contributed by atoms with Crippen molar-refractivity contribution in [1.29, 1.82) is 5.26 Å². The Balaban J connectivity index is 1.55. The number of aryl methyl sites for hydroxylation is 1. The zero-order valence-corrected chi connectivity index (χ0v) is 14.8. The molecule has 3 N–H and O–H groups in total. The fraction of sp³-hybridized carbons (Fsp3) is 0.389. The molecule has 2 aromatic rings. The number of nitrogens with zero attached hydrogens (tertiary/aromatic N) is 3. The maximum Gasteiger partial charge on any atom is 0.226 e. The molecule has 0 radical (unpaired) electrons. The summed E-state index contributed by atoms with van der Waals surface area (Å²) in [4.78, 5) is 17.6. The molecule has 3 atom stereocenters. The number of hydrogen-bond donors (Lipinski definition) is 3. The van der Waals surface area contributed by atoms with Crippen LogP contribution in [0, 0.1) is 17.4 Å². The largest absolute Gasteiger partial charge is 0.329 e. The number of amides is 1. The summed E-state index contributed by atoms with van der Waals surface area (Å²) in [6.07, 6.45) is 5.86. The van der Waals surface area contributed by atoms with E-state index >= 15 is 0 Å². The van der Waals surface area contributed by atoms with E-state index in [-0.39, 0.29) is 17.9 Å². The van der Waals surface area contributed by atoms with Crippen molar-refractivity contribution in [3.05, 3.63) is 42.2 Å². The standard InChI is InChI=1S/C18H22N6O2/c1-12(8-20-11-19)18(25)22-17-7-16(23-26-17)14-5-3-13(4-6-14)15-9-21-24(2)10-15/h3-6,9-10,12,16-17,20,23H,7-8H2,1-2H3,(H,22,25)/t12-,16?,17?/m1/s1. The first-order chi connectivity index (χ1) is 12.6. The summed E-state index contributed by atoms with van der Waals surface area (Å²) in [7, 11) is 1.89. The molecule has 1 aromatic carbocycles. The van der Waals surface area contributed by atoms with E-state index in [9.17, 15) is 4.79 Å². The van der Waals surface area contributed by atoms with Crippen molar-refractivity contribution in [2.75, 3.05) is 6.54 Å². The van der Waals surface area contributed by atoms with Crippen molar-refractivity contribution in [2.24, 2.45) is 13.0 Å². The number of nitriles is 1. The molecule has 0 aliphatic carbocycles. The van der Waals surface area contributed by atoms with Crippen molar-refractivity contribution >= 4 is 5.91 Å². The number of benzene rings is 1. The molecule has 0 bridgehead atoms.